The summed E-state index contributed by atoms with van der Waals surface area (Å²) in [6, 6.07) is 17.4. The fraction of sp³-hybridized carbons (Fsp3) is 0.375. The lowest BCUT2D eigenvalue weighted by Gasteiger charge is -2.29. The van der Waals surface area contributed by atoms with E-state index < -0.39 is 10.0 Å². The van der Waals surface area contributed by atoms with Crippen molar-refractivity contribution in [1.82, 2.24) is 14.2 Å². The van der Waals surface area contributed by atoms with E-state index >= 15 is 0 Å². The lowest BCUT2D eigenvalue weighted by Crippen LogP contribution is -2.42. The Kier molecular flexibility index (Phi) is 6.27. The van der Waals surface area contributed by atoms with Crippen molar-refractivity contribution in [3.8, 4) is 5.75 Å². The highest BCUT2D eigenvalue weighted by Gasteiger charge is 2.37. The number of aromatic nitrogens is 1. The van der Waals surface area contributed by atoms with Crippen molar-refractivity contribution in [3.63, 3.8) is 0 Å². The normalized spacial score (nSPS) is 18.5. The first-order valence-electron chi connectivity index (χ1n) is 10.7. The minimum atomic E-state index is -3.69. The van der Waals surface area contributed by atoms with Crippen molar-refractivity contribution in [2.45, 2.75) is 37.2 Å². The molecule has 6 nitrogen and oxygen atoms in total. The van der Waals surface area contributed by atoms with Gasteiger partial charge in [0.25, 0.3) is 0 Å². The molecule has 1 aromatic heterocycles. The smallest absolute Gasteiger partial charge is 0.244 e. The van der Waals surface area contributed by atoms with Crippen LogP contribution in [0.5, 0.6) is 5.75 Å². The van der Waals surface area contributed by atoms with E-state index in [9.17, 15) is 8.42 Å². The van der Waals surface area contributed by atoms with Crippen LogP contribution in [-0.4, -0.2) is 55.4 Å². The molecular formula is C24H29N3O3S. The van der Waals surface area contributed by atoms with Crippen molar-refractivity contribution in [2.75, 3.05) is 26.7 Å². The third-order valence-corrected chi connectivity index (χ3v) is 8.33. The zero-order chi connectivity index (χ0) is 22.0. The molecule has 0 N–H and O–H groups in total. The van der Waals surface area contributed by atoms with Gasteiger partial charge >= 0.3 is 0 Å². The van der Waals surface area contributed by atoms with Gasteiger partial charge in [-0.2, -0.15) is 4.31 Å². The molecule has 164 valence electrons. The van der Waals surface area contributed by atoms with Crippen LogP contribution >= 0.6 is 0 Å². The van der Waals surface area contributed by atoms with E-state index in [2.05, 4.69) is 28.9 Å². The molecule has 0 radical (unpaired) electrons. The van der Waals surface area contributed by atoms with Crippen LogP contribution in [0, 0.1) is 0 Å². The summed E-state index contributed by atoms with van der Waals surface area (Å²) < 4.78 is 34.5. The molecule has 0 unspecified atom stereocenters. The highest BCUT2D eigenvalue weighted by Crippen LogP contribution is 2.34. The molecule has 3 aromatic rings. The lowest BCUT2D eigenvalue weighted by molar-refractivity contribution is 0.239. The van der Waals surface area contributed by atoms with Gasteiger partial charge in [0, 0.05) is 43.3 Å². The molecule has 0 saturated carbocycles. The number of ether oxygens (including phenoxy) is 1. The average Bonchev–Trinajstić information content (AvgIpc) is 3.28. The molecule has 1 saturated heterocycles. The SMILES string of the molecule is CCN([C@H]1CCN([C@@H](C)c2ccccc2)C1)S(=O)(=O)c1ccc(OC)c2ncccc12. The van der Waals surface area contributed by atoms with Gasteiger partial charge in [-0.1, -0.05) is 37.3 Å². The number of pyridine rings is 1. The summed E-state index contributed by atoms with van der Waals surface area (Å²) in [5.74, 6) is 0.571. The highest BCUT2D eigenvalue weighted by molar-refractivity contribution is 7.89. The minimum absolute atomic E-state index is 0.0602. The molecule has 4 rings (SSSR count). The summed E-state index contributed by atoms with van der Waals surface area (Å²) in [5.41, 5.74) is 1.81. The quantitative estimate of drug-likeness (QED) is 0.555. The number of hydrogen-bond donors (Lipinski definition) is 0. The fourth-order valence-electron chi connectivity index (χ4n) is 4.56. The summed E-state index contributed by atoms with van der Waals surface area (Å²) in [7, 11) is -2.12. The molecule has 2 atom stereocenters. The molecule has 1 aliphatic heterocycles. The van der Waals surface area contributed by atoms with Crippen molar-refractivity contribution in [1.29, 1.82) is 0 Å². The molecule has 2 aromatic carbocycles. The highest BCUT2D eigenvalue weighted by atomic mass is 32.2. The van der Waals surface area contributed by atoms with Gasteiger partial charge in [-0.05, 0) is 43.2 Å². The molecule has 0 aliphatic carbocycles. The van der Waals surface area contributed by atoms with E-state index in [-0.39, 0.29) is 17.0 Å². The topological polar surface area (TPSA) is 62.7 Å². The van der Waals surface area contributed by atoms with Crippen LogP contribution in [0.4, 0.5) is 0 Å². The van der Waals surface area contributed by atoms with Gasteiger partial charge in [0.2, 0.25) is 10.0 Å². The molecule has 7 heteroatoms. The third-order valence-electron chi connectivity index (χ3n) is 6.24. The Balaban J connectivity index is 1.63. The molecule has 0 bridgehead atoms. The molecular weight excluding hydrogens is 410 g/mol. The van der Waals surface area contributed by atoms with Crippen LogP contribution in [-0.2, 0) is 10.0 Å². The average molecular weight is 440 g/mol. The van der Waals surface area contributed by atoms with Gasteiger partial charge < -0.3 is 4.74 Å². The van der Waals surface area contributed by atoms with Gasteiger partial charge in [-0.3, -0.25) is 9.88 Å². The Bertz CT molecular complexity index is 1150. The monoisotopic (exact) mass is 439 g/mol. The number of likely N-dealkylation sites (N-methyl/N-ethyl adjacent to an activating group) is 1. The van der Waals surface area contributed by atoms with Crippen LogP contribution in [0.1, 0.15) is 31.9 Å². The fourth-order valence-corrected chi connectivity index (χ4v) is 6.40. The van der Waals surface area contributed by atoms with Crippen LogP contribution in [0.2, 0.25) is 0 Å². The lowest BCUT2D eigenvalue weighted by atomic mass is 10.1. The number of rotatable bonds is 7. The van der Waals surface area contributed by atoms with Crippen LogP contribution in [0.15, 0.2) is 65.7 Å². The van der Waals surface area contributed by atoms with Crippen molar-refractivity contribution in [2.24, 2.45) is 0 Å². The largest absolute Gasteiger partial charge is 0.494 e. The van der Waals surface area contributed by atoms with Crippen molar-refractivity contribution >= 4 is 20.9 Å². The molecule has 2 heterocycles. The van der Waals surface area contributed by atoms with E-state index in [0.717, 1.165) is 19.5 Å². The maximum Gasteiger partial charge on any atom is 0.244 e. The first-order chi connectivity index (χ1) is 15.0. The van der Waals surface area contributed by atoms with E-state index in [1.807, 2.05) is 25.1 Å². The Morgan fingerprint density at radius 3 is 2.65 bits per heavy atom. The molecule has 0 spiro atoms. The number of methoxy groups -OCH3 is 1. The van der Waals surface area contributed by atoms with E-state index in [4.69, 9.17) is 4.74 Å². The molecule has 31 heavy (non-hydrogen) atoms. The standard InChI is InChI=1S/C24H29N3O3S/c1-4-27(20-14-16-26(17-20)18(2)19-9-6-5-7-10-19)31(28,29)23-13-12-22(30-3)24-21(23)11-8-15-25-24/h5-13,15,18,20H,4,14,16-17H2,1-3H3/t18-,20-/m0/s1. The van der Waals surface area contributed by atoms with Crippen molar-refractivity contribution in [3.05, 3.63) is 66.4 Å². The molecule has 1 fully saturated rings. The second-order valence-electron chi connectivity index (χ2n) is 7.90. The summed E-state index contributed by atoms with van der Waals surface area (Å²) in [4.78, 5) is 7.01. The number of likely N-dealkylation sites (tertiary alicyclic amines) is 1. The Morgan fingerprint density at radius 2 is 1.94 bits per heavy atom. The number of benzene rings is 2. The van der Waals surface area contributed by atoms with Gasteiger partial charge in [0.15, 0.2) is 0 Å². The second kappa shape index (κ2) is 8.94. The van der Waals surface area contributed by atoms with Gasteiger partial charge in [0.05, 0.1) is 12.0 Å². The first kappa shape index (κ1) is 21.7. The zero-order valence-electron chi connectivity index (χ0n) is 18.2. The maximum atomic E-state index is 13.7. The molecule has 1 aliphatic rings. The number of sulfonamides is 1. The van der Waals surface area contributed by atoms with Crippen molar-refractivity contribution < 1.29 is 13.2 Å². The summed E-state index contributed by atoms with van der Waals surface area (Å²) in [6.07, 6.45) is 2.47. The van der Waals surface area contributed by atoms with Crippen LogP contribution < -0.4 is 4.74 Å². The summed E-state index contributed by atoms with van der Waals surface area (Å²) in [6.45, 7) is 6.11. The Labute approximate surface area is 184 Å². The van der Waals surface area contributed by atoms with E-state index in [1.165, 1.54) is 5.56 Å². The maximum absolute atomic E-state index is 13.7. The molecule has 0 amide bonds. The van der Waals surface area contributed by atoms with Gasteiger partial charge in [-0.25, -0.2) is 8.42 Å². The number of nitrogens with zero attached hydrogens (tertiary/aromatic N) is 3. The Morgan fingerprint density at radius 1 is 1.16 bits per heavy atom. The van der Waals surface area contributed by atoms with Crippen LogP contribution in [0.25, 0.3) is 10.9 Å². The summed E-state index contributed by atoms with van der Waals surface area (Å²) in [5, 5.41) is 0.591. The van der Waals surface area contributed by atoms with E-state index in [1.54, 1.807) is 41.9 Å². The van der Waals surface area contributed by atoms with Crippen LogP contribution in [0.3, 0.4) is 0 Å². The Hall–Kier alpha value is -2.48. The van der Waals surface area contributed by atoms with Gasteiger partial charge in [0.1, 0.15) is 11.3 Å². The second-order valence-corrected chi connectivity index (χ2v) is 9.76. The first-order valence-corrected chi connectivity index (χ1v) is 12.1. The third kappa shape index (κ3) is 4.05. The number of hydrogen-bond acceptors (Lipinski definition) is 5. The summed E-state index contributed by atoms with van der Waals surface area (Å²) >= 11 is 0. The minimum Gasteiger partial charge on any atom is -0.494 e. The zero-order valence-corrected chi connectivity index (χ0v) is 19.0. The number of fused-ring (bicyclic) bond motifs is 1. The predicted molar refractivity (Wildman–Crippen MR) is 123 cm³/mol. The van der Waals surface area contributed by atoms with E-state index in [0.29, 0.717) is 23.2 Å². The predicted octanol–water partition coefficient (Wildman–Crippen LogP) is 4.09. The van der Waals surface area contributed by atoms with Gasteiger partial charge in [-0.15, -0.1) is 0 Å².